The minimum atomic E-state index is -0.111. The first-order valence-corrected chi connectivity index (χ1v) is 8.10. The minimum Gasteiger partial charge on any atom is -0.380 e. The Kier molecular flexibility index (Phi) is 5.84. The average molecular weight is 301 g/mol. The molecule has 110 valence electrons. The third-order valence-corrected chi connectivity index (χ3v) is 3.71. The Bertz CT molecular complexity index is 596. The molecule has 21 heavy (non-hydrogen) atoms. The molecule has 0 aliphatic rings. The van der Waals surface area contributed by atoms with Crippen molar-refractivity contribution in [1.29, 1.82) is 0 Å². The van der Waals surface area contributed by atoms with E-state index in [2.05, 4.69) is 11.6 Å². The van der Waals surface area contributed by atoms with Gasteiger partial charge in [0.25, 0.3) is 5.91 Å². The Labute approximate surface area is 129 Å². The van der Waals surface area contributed by atoms with E-state index in [1.54, 1.807) is 18.9 Å². The molecule has 0 fully saturated rings. The molecular formula is C17H19NO2S. The van der Waals surface area contributed by atoms with Crippen molar-refractivity contribution in [2.45, 2.75) is 12.4 Å². The third kappa shape index (κ3) is 4.34. The molecule has 2 aromatic carbocycles. The molecule has 0 atom stereocenters. The zero-order valence-electron chi connectivity index (χ0n) is 12.3. The highest BCUT2D eigenvalue weighted by molar-refractivity contribution is 7.97. The summed E-state index contributed by atoms with van der Waals surface area (Å²) in [7, 11) is 1.62. The van der Waals surface area contributed by atoms with Gasteiger partial charge in [-0.05, 0) is 35.6 Å². The second-order valence-corrected chi connectivity index (χ2v) is 5.54. The van der Waals surface area contributed by atoms with Crippen LogP contribution in [0.5, 0.6) is 0 Å². The molecule has 1 N–H and O–H groups in total. The fourth-order valence-electron chi connectivity index (χ4n) is 2.07. The Morgan fingerprint density at radius 1 is 1.14 bits per heavy atom. The van der Waals surface area contributed by atoms with Gasteiger partial charge < -0.3 is 10.1 Å². The molecular weight excluding hydrogens is 282 g/mol. The van der Waals surface area contributed by atoms with Gasteiger partial charge in [0.05, 0.1) is 6.61 Å². The maximum absolute atomic E-state index is 12.3. The first-order chi connectivity index (χ1) is 10.2. The smallest absolute Gasteiger partial charge is 0.256 e. The van der Waals surface area contributed by atoms with Crippen molar-refractivity contribution in [3.05, 3.63) is 65.2 Å². The fraction of sp³-hybridized carbons (Fsp3) is 0.235. The summed E-state index contributed by atoms with van der Waals surface area (Å²) in [6.45, 7) is 0.427. The number of amides is 1. The van der Waals surface area contributed by atoms with E-state index < -0.39 is 0 Å². The van der Waals surface area contributed by atoms with Gasteiger partial charge in [-0.25, -0.2) is 0 Å². The first kappa shape index (κ1) is 15.6. The Balaban J connectivity index is 2.10. The Morgan fingerprint density at radius 2 is 1.86 bits per heavy atom. The van der Waals surface area contributed by atoms with Crippen molar-refractivity contribution in [3.8, 4) is 0 Å². The molecule has 0 heterocycles. The van der Waals surface area contributed by atoms with E-state index in [4.69, 9.17) is 4.74 Å². The Morgan fingerprint density at radius 3 is 2.52 bits per heavy atom. The van der Waals surface area contributed by atoms with Crippen LogP contribution in [0.2, 0.25) is 0 Å². The summed E-state index contributed by atoms with van der Waals surface area (Å²) >= 11 is 1.78. The number of ether oxygens (including phenoxy) is 1. The van der Waals surface area contributed by atoms with Crippen LogP contribution in [-0.4, -0.2) is 19.3 Å². The van der Waals surface area contributed by atoms with Crippen LogP contribution in [0.1, 0.15) is 21.5 Å². The van der Waals surface area contributed by atoms with Crippen LogP contribution >= 0.6 is 11.8 Å². The van der Waals surface area contributed by atoms with E-state index in [1.165, 1.54) is 5.56 Å². The number of hydrogen-bond donors (Lipinski definition) is 1. The standard InChI is InChI=1S/C17H19NO2S/c1-20-11-14-5-3-4-6-16(14)17(19)18-15-9-7-13(8-10-15)12-21-2/h3-10H,11-12H2,1-2H3,(H,18,19). The van der Waals surface area contributed by atoms with Gasteiger partial charge in [-0.2, -0.15) is 11.8 Å². The van der Waals surface area contributed by atoms with E-state index in [9.17, 15) is 4.79 Å². The molecule has 0 spiro atoms. The first-order valence-electron chi connectivity index (χ1n) is 6.70. The van der Waals surface area contributed by atoms with Crippen molar-refractivity contribution < 1.29 is 9.53 Å². The zero-order valence-corrected chi connectivity index (χ0v) is 13.1. The highest BCUT2D eigenvalue weighted by atomic mass is 32.2. The second-order valence-electron chi connectivity index (χ2n) is 4.67. The number of thioether (sulfide) groups is 1. The lowest BCUT2D eigenvalue weighted by atomic mass is 10.1. The number of methoxy groups -OCH3 is 1. The van der Waals surface area contributed by atoms with Gasteiger partial charge in [0, 0.05) is 24.1 Å². The van der Waals surface area contributed by atoms with Crippen molar-refractivity contribution >= 4 is 23.4 Å². The molecule has 2 aromatic rings. The second kappa shape index (κ2) is 7.86. The molecule has 0 saturated heterocycles. The van der Waals surface area contributed by atoms with Gasteiger partial charge in [0.1, 0.15) is 0 Å². The van der Waals surface area contributed by atoms with Crippen LogP contribution < -0.4 is 5.32 Å². The molecule has 0 aliphatic carbocycles. The number of nitrogens with one attached hydrogen (secondary N) is 1. The summed E-state index contributed by atoms with van der Waals surface area (Å²) in [5.74, 6) is 0.866. The van der Waals surface area contributed by atoms with Crippen LogP contribution in [0.4, 0.5) is 5.69 Å². The number of hydrogen-bond acceptors (Lipinski definition) is 3. The fourth-order valence-corrected chi connectivity index (χ4v) is 2.60. The number of benzene rings is 2. The van der Waals surface area contributed by atoms with Crippen molar-refractivity contribution in [2.24, 2.45) is 0 Å². The maximum atomic E-state index is 12.3. The summed E-state index contributed by atoms with van der Waals surface area (Å²) in [5.41, 5.74) is 3.58. The van der Waals surface area contributed by atoms with Crippen molar-refractivity contribution in [1.82, 2.24) is 0 Å². The predicted molar refractivity (Wildman–Crippen MR) is 88.8 cm³/mol. The van der Waals surface area contributed by atoms with Crippen LogP contribution in [0, 0.1) is 0 Å². The topological polar surface area (TPSA) is 38.3 Å². The van der Waals surface area contributed by atoms with Crippen LogP contribution in [0.3, 0.4) is 0 Å². The number of carbonyl (C=O) groups excluding carboxylic acids is 1. The minimum absolute atomic E-state index is 0.111. The number of carbonyl (C=O) groups is 1. The number of anilines is 1. The molecule has 0 radical (unpaired) electrons. The molecule has 0 aliphatic heterocycles. The van der Waals surface area contributed by atoms with Crippen LogP contribution in [0.15, 0.2) is 48.5 Å². The van der Waals surface area contributed by atoms with Gasteiger partial charge in [-0.15, -0.1) is 0 Å². The normalized spacial score (nSPS) is 10.4. The monoisotopic (exact) mass is 301 g/mol. The quantitative estimate of drug-likeness (QED) is 0.878. The van der Waals surface area contributed by atoms with E-state index in [-0.39, 0.29) is 5.91 Å². The van der Waals surface area contributed by atoms with Gasteiger partial charge in [-0.1, -0.05) is 30.3 Å². The van der Waals surface area contributed by atoms with Gasteiger partial charge in [-0.3, -0.25) is 4.79 Å². The lowest BCUT2D eigenvalue weighted by Gasteiger charge is -2.10. The molecule has 1 amide bonds. The molecule has 0 saturated carbocycles. The largest absolute Gasteiger partial charge is 0.380 e. The van der Waals surface area contributed by atoms with Crippen LogP contribution in [0.25, 0.3) is 0 Å². The SMILES string of the molecule is COCc1ccccc1C(=O)Nc1ccc(CSC)cc1. The Hall–Kier alpha value is -1.78. The molecule has 0 bridgehead atoms. The highest BCUT2D eigenvalue weighted by Gasteiger charge is 2.10. The summed E-state index contributed by atoms with van der Waals surface area (Å²) in [6.07, 6.45) is 2.07. The van der Waals surface area contributed by atoms with E-state index in [0.29, 0.717) is 12.2 Å². The predicted octanol–water partition coefficient (Wildman–Crippen LogP) is 3.95. The van der Waals surface area contributed by atoms with Crippen molar-refractivity contribution in [2.75, 3.05) is 18.7 Å². The third-order valence-electron chi connectivity index (χ3n) is 3.08. The molecule has 0 aromatic heterocycles. The lowest BCUT2D eigenvalue weighted by molar-refractivity contribution is 0.102. The van der Waals surface area contributed by atoms with Crippen molar-refractivity contribution in [3.63, 3.8) is 0 Å². The average Bonchev–Trinajstić information content (AvgIpc) is 2.50. The van der Waals surface area contributed by atoms with Crippen LogP contribution in [-0.2, 0) is 17.1 Å². The molecule has 0 unspecified atom stereocenters. The summed E-state index contributed by atoms with van der Waals surface area (Å²) in [5, 5.41) is 2.93. The van der Waals surface area contributed by atoms with E-state index >= 15 is 0 Å². The van der Waals surface area contributed by atoms with E-state index in [1.807, 2.05) is 48.5 Å². The highest BCUT2D eigenvalue weighted by Crippen LogP contribution is 2.16. The molecule has 3 nitrogen and oxygen atoms in total. The summed E-state index contributed by atoms with van der Waals surface area (Å²) in [6, 6.07) is 15.4. The lowest BCUT2D eigenvalue weighted by Crippen LogP contribution is -2.14. The summed E-state index contributed by atoms with van der Waals surface area (Å²) in [4.78, 5) is 12.3. The van der Waals surface area contributed by atoms with Gasteiger partial charge in [0.15, 0.2) is 0 Å². The van der Waals surface area contributed by atoms with Gasteiger partial charge >= 0.3 is 0 Å². The van der Waals surface area contributed by atoms with E-state index in [0.717, 1.165) is 17.0 Å². The molecule has 4 heteroatoms. The van der Waals surface area contributed by atoms with Gasteiger partial charge in [0.2, 0.25) is 0 Å². The maximum Gasteiger partial charge on any atom is 0.256 e. The summed E-state index contributed by atoms with van der Waals surface area (Å²) < 4.78 is 5.13. The molecule has 2 rings (SSSR count). The number of rotatable bonds is 6. The zero-order chi connectivity index (χ0) is 15.1.